The Morgan fingerprint density at radius 3 is 2.83 bits per heavy atom. The standard InChI is InChI=1S/C18H17FN2OS/c1-3-9-21-15-8-7-14(19)11-16(15)23-18(21)20-17(22)13-6-4-5-12(2)10-13/h4-8,10-11H,3,9H2,1-2H3. The summed E-state index contributed by atoms with van der Waals surface area (Å²) in [5.41, 5.74) is 2.50. The number of benzene rings is 2. The van der Waals surface area contributed by atoms with Crippen LogP contribution in [0, 0.1) is 12.7 Å². The molecule has 0 aliphatic rings. The van der Waals surface area contributed by atoms with E-state index in [-0.39, 0.29) is 11.7 Å². The van der Waals surface area contributed by atoms with Crippen molar-refractivity contribution in [1.29, 1.82) is 0 Å². The Kier molecular flexibility index (Phi) is 4.39. The quantitative estimate of drug-likeness (QED) is 0.706. The molecule has 0 saturated carbocycles. The van der Waals surface area contributed by atoms with E-state index in [1.165, 1.54) is 23.5 Å². The van der Waals surface area contributed by atoms with Crippen molar-refractivity contribution in [2.75, 3.05) is 0 Å². The molecule has 0 N–H and O–H groups in total. The van der Waals surface area contributed by atoms with Crippen LogP contribution >= 0.6 is 11.3 Å². The molecule has 3 rings (SSSR count). The minimum Gasteiger partial charge on any atom is -0.316 e. The summed E-state index contributed by atoms with van der Waals surface area (Å²) >= 11 is 1.34. The topological polar surface area (TPSA) is 34.4 Å². The monoisotopic (exact) mass is 328 g/mol. The summed E-state index contributed by atoms with van der Waals surface area (Å²) in [4.78, 5) is 17.3. The molecule has 0 aliphatic carbocycles. The highest BCUT2D eigenvalue weighted by Crippen LogP contribution is 2.19. The van der Waals surface area contributed by atoms with Gasteiger partial charge < -0.3 is 4.57 Å². The Balaban J connectivity index is 2.14. The van der Waals surface area contributed by atoms with Gasteiger partial charge in [-0.2, -0.15) is 4.99 Å². The van der Waals surface area contributed by atoms with Crippen LogP contribution in [0.3, 0.4) is 0 Å². The van der Waals surface area contributed by atoms with Crippen LogP contribution in [0.15, 0.2) is 47.5 Å². The van der Waals surface area contributed by atoms with Crippen LogP contribution in [0.1, 0.15) is 29.3 Å². The van der Waals surface area contributed by atoms with Crippen molar-refractivity contribution in [2.24, 2.45) is 4.99 Å². The second kappa shape index (κ2) is 6.46. The van der Waals surface area contributed by atoms with E-state index in [9.17, 15) is 9.18 Å². The van der Waals surface area contributed by atoms with Crippen molar-refractivity contribution in [2.45, 2.75) is 26.8 Å². The van der Waals surface area contributed by atoms with Gasteiger partial charge in [0, 0.05) is 12.1 Å². The first-order chi connectivity index (χ1) is 11.1. The lowest BCUT2D eigenvalue weighted by Crippen LogP contribution is -2.16. The van der Waals surface area contributed by atoms with Gasteiger partial charge in [0.25, 0.3) is 5.91 Å². The molecule has 0 aliphatic heterocycles. The smallest absolute Gasteiger partial charge is 0.279 e. The highest BCUT2D eigenvalue weighted by atomic mass is 32.1. The third kappa shape index (κ3) is 3.24. The number of carbonyl (C=O) groups is 1. The van der Waals surface area contributed by atoms with Gasteiger partial charge in [-0.25, -0.2) is 4.39 Å². The fraction of sp³-hybridized carbons (Fsp3) is 0.222. The summed E-state index contributed by atoms with van der Waals surface area (Å²) < 4.78 is 16.2. The molecule has 1 heterocycles. The average Bonchev–Trinajstić information content (AvgIpc) is 2.84. The van der Waals surface area contributed by atoms with E-state index in [1.54, 1.807) is 12.1 Å². The lowest BCUT2D eigenvalue weighted by molar-refractivity contribution is 0.0997. The van der Waals surface area contributed by atoms with Gasteiger partial charge in [0.15, 0.2) is 4.80 Å². The predicted octanol–water partition coefficient (Wildman–Crippen LogP) is 4.30. The number of hydrogen-bond acceptors (Lipinski definition) is 2. The van der Waals surface area contributed by atoms with Gasteiger partial charge >= 0.3 is 0 Å². The molecule has 3 nitrogen and oxygen atoms in total. The van der Waals surface area contributed by atoms with E-state index >= 15 is 0 Å². The van der Waals surface area contributed by atoms with Crippen molar-refractivity contribution < 1.29 is 9.18 Å². The number of carbonyl (C=O) groups excluding carboxylic acids is 1. The summed E-state index contributed by atoms with van der Waals surface area (Å²) in [5.74, 6) is -0.551. The molecule has 0 bridgehead atoms. The van der Waals surface area contributed by atoms with Crippen molar-refractivity contribution in [3.63, 3.8) is 0 Å². The summed E-state index contributed by atoms with van der Waals surface area (Å²) in [6, 6.07) is 12.0. The second-order valence-corrected chi connectivity index (χ2v) is 6.44. The maximum absolute atomic E-state index is 13.4. The molecule has 0 radical (unpaired) electrons. The number of aryl methyl sites for hydroxylation is 2. The first-order valence-electron chi connectivity index (χ1n) is 7.53. The first kappa shape index (κ1) is 15.6. The SMILES string of the molecule is CCCn1c(=NC(=O)c2cccc(C)c2)sc2cc(F)ccc21. The number of rotatable bonds is 3. The molecule has 0 unspecified atom stereocenters. The lowest BCUT2D eigenvalue weighted by atomic mass is 10.1. The van der Waals surface area contributed by atoms with E-state index in [4.69, 9.17) is 0 Å². The average molecular weight is 328 g/mol. The van der Waals surface area contributed by atoms with E-state index in [2.05, 4.69) is 11.9 Å². The molecule has 0 atom stereocenters. The summed E-state index contributed by atoms with van der Waals surface area (Å²) in [6.07, 6.45) is 0.912. The second-order valence-electron chi connectivity index (χ2n) is 5.43. The fourth-order valence-corrected chi connectivity index (χ4v) is 3.58. The molecule has 3 aromatic rings. The number of thiazole rings is 1. The van der Waals surface area contributed by atoms with E-state index < -0.39 is 0 Å². The molecule has 0 saturated heterocycles. The molecular weight excluding hydrogens is 311 g/mol. The summed E-state index contributed by atoms with van der Waals surface area (Å²) in [7, 11) is 0. The van der Waals surface area contributed by atoms with Crippen molar-refractivity contribution in [3.8, 4) is 0 Å². The van der Waals surface area contributed by atoms with Crippen LogP contribution in [0.5, 0.6) is 0 Å². The molecule has 0 fully saturated rings. The van der Waals surface area contributed by atoms with Crippen molar-refractivity contribution in [1.82, 2.24) is 4.57 Å². The minimum atomic E-state index is -0.279. The third-order valence-corrected chi connectivity index (χ3v) is 4.60. The number of amides is 1. The maximum atomic E-state index is 13.4. The van der Waals surface area contributed by atoms with Gasteiger partial charge in [0.2, 0.25) is 0 Å². The van der Waals surface area contributed by atoms with Crippen molar-refractivity contribution in [3.05, 3.63) is 64.2 Å². The predicted molar refractivity (Wildman–Crippen MR) is 91.1 cm³/mol. The largest absolute Gasteiger partial charge is 0.316 e. The first-order valence-corrected chi connectivity index (χ1v) is 8.35. The van der Waals surface area contributed by atoms with E-state index in [1.807, 2.05) is 29.7 Å². The van der Waals surface area contributed by atoms with Crippen LogP contribution in [0.2, 0.25) is 0 Å². The minimum absolute atomic E-state index is 0.273. The van der Waals surface area contributed by atoms with Gasteiger partial charge in [-0.1, -0.05) is 36.0 Å². The van der Waals surface area contributed by atoms with E-state index in [0.29, 0.717) is 10.4 Å². The zero-order valence-electron chi connectivity index (χ0n) is 13.0. The van der Waals surface area contributed by atoms with Crippen LogP contribution in [0.4, 0.5) is 4.39 Å². The zero-order valence-corrected chi connectivity index (χ0v) is 13.9. The van der Waals surface area contributed by atoms with Crippen LogP contribution < -0.4 is 4.80 Å². The number of hydrogen-bond donors (Lipinski definition) is 0. The molecule has 2 aromatic carbocycles. The Hall–Kier alpha value is -2.27. The Bertz CT molecular complexity index is 940. The molecule has 1 amide bonds. The number of nitrogens with zero attached hydrogens (tertiary/aromatic N) is 2. The molecule has 23 heavy (non-hydrogen) atoms. The van der Waals surface area contributed by atoms with Gasteiger partial charge in [0.05, 0.1) is 10.2 Å². The summed E-state index contributed by atoms with van der Waals surface area (Å²) in [6.45, 7) is 4.74. The Morgan fingerprint density at radius 2 is 2.09 bits per heavy atom. The Morgan fingerprint density at radius 1 is 1.26 bits per heavy atom. The lowest BCUT2D eigenvalue weighted by Gasteiger charge is -2.02. The molecule has 118 valence electrons. The molecule has 5 heteroatoms. The Labute approximate surface area is 137 Å². The highest BCUT2D eigenvalue weighted by molar-refractivity contribution is 7.16. The normalized spacial score (nSPS) is 12.0. The molecular formula is C18H17FN2OS. The molecule has 0 spiro atoms. The van der Waals surface area contributed by atoms with Gasteiger partial charge in [-0.05, 0) is 43.7 Å². The van der Waals surface area contributed by atoms with Crippen molar-refractivity contribution >= 4 is 27.5 Å². The van der Waals surface area contributed by atoms with Crippen LogP contribution in [-0.2, 0) is 6.54 Å². The fourth-order valence-electron chi connectivity index (χ4n) is 2.50. The number of halogens is 1. The number of aromatic nitrogens is 1. The van der Waals surface area contributed by atoms with E-state index in [0.717, 1.165) is 28.7 Å². The van der Waals surface area contributed by atoms with Crippen LogP contribution in [0.25, 0.3) is 10.2 Å². The van der Waals surface area contributed by atoms with Crippen LogP contribution in [-0.4, -0.2) is 10.5 Å². The highest BCUT2D eigenvalue weighted by Gasteiger charge is 2.09. The molecule has 1 aromatic heterocycles. The maximum Gasteiger partial charge on any atom is 0.279 e. The van der Waals surface area contributed by atoms with Gasteiger partial charge in [-0.3, -0.25) is 4.79 Å². The van der Waals surface area contributed by atoms with Gasteiger partial charge in [-0.15, -0.1) is 0 Å². The number of fused-ring (bicyclic) bond motifs is 1. The zero-order chi connectivity index (χ0) is 16.4. The summed E-state index contributed by atoms with van der Waals surface area (Å²) in [5, 5.41) is 0. The van der Waals surface area contributed by atoms with Gasteiger partial charge in [0.1, 0.15) is 5.82 Å². The third-order valence-electron chi connectivity index (χ3n) is 3.55.